The lowest BCUT2D eigenvalue weighted by atomic mass is 9.82. The number of nitrogens with two attached hydrogens (primary N) is 1. The molecule has 2 rings (SSSR count). The summed E-state index contributed by atoms with van der Waals surface area (Å²) in [6, 6.07) is 7.93. The van der Waals surface area contributed by atoms with Crippen LogP contribution >= 0.6 is 0 Å². The average molecular weight is 273 g/mol. The molecule has 0 aliphatic heterocycles. The van der Waals surface area contributed by atoms with Gasteiger partial charge in [-0.15, -0.1) is 0 Å². The van der Waals surface area contributed by atoms with Gasteiger partial charge in [-0.1, -0.05) is 39.0 Å². The van der Waals surface area contributed by atoms with Crippen LogP contribution in [-0.2, 0) is 12.5 Å². The van der Waals surface area contributed by atoms with E-state index >= 15 is 0 Å². The van der Waals surface area contributed by atoms with Gasteiger partial charge in [0.1, 0.15) is 11.6 Å². The predicted molar refractivity (Wildman–Crippen MR) is 82.9 cm³/mol. The van der Waals surface area contributed by atoms with Crippen molar-refractivity contribution in [2.75, 3.05) is 12.8 Å². The number of hydrogen-bond acceptors (Lipinski definition) is 3. The Morgan fingerprint density at radius 3 is 2.55 bits per heavy atom. The number of nitrogens with zero attached hydrogens (tertiary/aromatic N) is 2. The van der Waals surface area contributed by atoms with Gasteiger partial charge in [-0.2, -0.15) is 5.10 Å². The van der Waals surface area contributed by atoms with E-state index in [0.29, 0.717) is 5.82 Å². The molecule has 0 atom stereocenters. The first-order valence-electron chi connectivity index (χ1n) is 6.88. The highest BCUT2D eigenvalue weighted by Gasteiger charge is 2.29. The number of hydrogen-bond donors (Lipinski definition) is 1. The van der Waals surface area contributed by atoms with Crippen molar-refractivity contribution in [1.29, 1.82) is 0 Å². The van der Waals surface area contributed by atoms with Crippen LogP contribution in [0.2, 0.25) is 0 Å². The molecule has 4 nitrogen and oxygen atoms in total. The lowest BCUT2D eigenvalue weighted by Gasteiger charge is -2.22. The Bertz CT molecular complexity index is 614. The summed E-state index contributed by atoms with van der Waals surface area (Å²) in [4.78, 5) is 0. The smallest absolute Gasteiger partial charge is 0.129 e. The molecule has 0 saturated heterocycles. The van der Waals surface area contributed by atoms with Gasteiger partial charge in [0.25, 0.3) is 0 Å². The van der Waals surface area contributed by atoms with E-state index in [2.05, 4.69) is 25.9 Å². The minimum absolute atomic E-state index is 0.0361. The van der Waals surface area contributed by atoms with Crippen LogP contribution in [0.1, 0.15) is 32.9 Å². The molecule has 0 bridgehead atoms. The zero-order valence-corrected chi connectivity index (χ0v) is 12.9. The molecular weight excluding hydrogens is 250 g/mol. The summed E-state index contributed by atoms with van der Waals surface area (Å²) < 4.78 is 7.22. The van der Waals surface area contributed by atoms with Gasteiger partial charge >= 0.3 is 0 Å². The third kappa shape index (κ3) is 2.26. The number of nitrogen functional groups attached to an aromatic ring is 1. The highest BCUT2D eigenvalue weighted by Crippen LogP contribution is 2.41. The lowest BCUT2D eigenvalue weighted by molar-refractivity contribution is 0.416. The molecule has 0 aliphatic carbocycles. The molecule has 1 heterocycles. The van der Waals surface area contributed by atoms with Crippen molar-refractivity contribution in [3.05, 3.63) is 30.0 Å². The van der Waals surface area contributed by atoms with Crippen LogP contribution in [0.3, 0.4) is 0 Å². The quantitative estimate of drug-likeness (QED) is 0.929. The molecule has 0 radical (unpaired) electrons. The lowest BCUT2D eigenvalue weighted by Crippen LogP contribution is -2.17. The van der Waals surface area contributed by atoms with Gasteiger partial charge in [0.2, 0.25) is 0 Å². The summed E-state index contributed by atoms with van der Waals surface area (Å²) in [6.45, 7) is 6.54. The molecule has 108 valence electrons. The van der Waals surface area contributed by atoms with Crippen molar-refractivity contribution in [3.63, 3.8) is 0 Å². The second-order valence-corrected chi connectivity index (χ2v) is 5.67. The first-order chi connectivity index (χ1) is 9.42. The molecule has 0 unspecified atom stereocenters. The van der Waals surface area contributed by atoms with Crippen molar-refractivity contribution in [2.24, 2.45) is 7.05 Å². The number of methoxy groups -OCH3 is 1. The van der Waals surface area contributed by atoms with Crippen molar-refractivity contribution in [1.82, 2.24) is 9.78 Å². The number of ether oxygens (including phenoxy) is 1. The molecule has 1 aromatic heterocycles. The summed E-state index contributed by atoms with van der Waals surface area (Å²) in [5, 5.41) is 4.64. The van der Waals surface area contributed by atoms with E-state index < -0.39 is 0 Å². The van der Waals surface area contributed by atoms with E-state index in [1.54, 1.807) is 11.8 Å². The van der Waals surface area contributed by atoms with Crippen molar-refractivity contribution < 1.29 is 4.74 Å². The number of para-hydroxylation sites is 1. The Morgan fingerprint density at radius 2 is 1.95 bits per heavy atom. The van der Waals surface area contributed by atoms with E-state index in [4.69, 9.17) is 10.5 Å². The first kappa shape index (κ1) is 14.4. The summed E-state index contributed by atoms with van der Waals surface area (Å²) in [5.41, 5.74) is 9.22. The summed E-state index contributed by atoms with van der Waals surface area (Å²) in [5.74, 6) is 1.49. The Morgan fingerprint density at radius 1 is 1.30 bits per heavy atom. The van der Waals surface area contributed by atoms with E-state index in [1.807, 2.05) is 31.3 Å². The maximum Gasteiger partial charge on any atom is 0.129 e. The minimum Gasteiger partial charge on any atom is -0.496 e. The normalized spacial score (nSPS) is 11.7. The topological polar surface area (TPSA) is 53.1 Å². The highest BCUT2D eigenvalue weighted by molar-refractivity contribution is 5.81. The fourth-order valence-electron chi connectivity index (χ4n) is 2.29. The summed E-state index contributed by atoms with van der Waals surface area (Å²) >= 11 is 0. The van der Waals surface area contributed by atoms with Crippen LogP contribution in [0.5, 0.6) is 5.75 Å². The first-order valence-corrected chi connectivity index (χ1v) is 6.88. The van der Waals surface area contributed by atoms with E-state index in [-0.39, 0.29) is 5.41 Å². The van der Waals surface area contributed by atoms with Gasteiger partial charge < -0.3 is 10.5 Å². The van der Waals surface area contributed by atoms with Crippen molar-refractivity contribution in [2.45, 2.75) is 32.6 Å². The molecule has 0 spiro atoms. The fourth-order valence-corrected chi connectivity index (χ4v) is 2.29. The fraction of sp³-hybridized carbons (Fsp3) is 0.438. The molecule has 1 aromatic carbocycles. The van der Waals surface area contributed by atoms with E-state index in [9.17, 15) is 0 Å². The minimum atomic E-state index is -0.0361. The molecule has 20 heavy (non-hydrogen) atoms. The van der Waals surface area contributed by atoms with Gasteiger partial charge in [0.05, 0.1) is 18.4 Å². The van der Waals surface area contributed by atoms with Crippen LogP contribution < -0.4 is 10.5 Å². The van der Waals surface area contributed by atoms with Gasteiger partial charge in [0, 0.05) is 18.0 Å². The molecule has 2 N–H and O–H groups in total. The second kappa shape index (κ2) is 5.19. The van der Waals surface area contributed by atoms with Crippen molar-refractivity contribution in [3.8, 4) is 16.9 Å². The zero-order chi connectivity index (χ0) is 14.9. The van der Waals surface area contributed by atoms with Crippen molar-refractivity contribution >= 4 is 5.82 Å². The van der Waals surface area contributed by atoms with Crippen LogP contribution in [0, 0.1) is 0 Å². The third-order valence-electron chi connectivity index (χ3n) is 3.99. The average Bonchev–Trinajstić information content (AvgIpc) is 2.75. The third-order valence-corrected chi connectivity index (χ3v) is 3.99. The predicted octanol–water partition coefficient (Wildman–Crippen LogP) is 3.37. The number of aromatic nitrogens is 2. The van der Waals surface area contributed by atoms with Gasteiger partial charge in [0.15, 0.2) is 0 Å². The summed E-state index contributed by atoms with van der Waals surface area (Å²) in [7, 11) is 3.56. The molecule has 0 fully saturated rings. The number of anilines is 1. The maximum absolute atomic E-state index is 6.26. The Kier molecular flexibility index (Phi) is 3.75. The van der Waals surface area contributed by atoms with Crippen LogP contribution in [0.25, 0.3) is 11.1 Å². The SMILES string of the molecule is CCC(C)(C)c1nn(C)c(N)c1-c1ccccc1OC. The van der Waals surface area contributed by atoms with Gasteiger partial charge in [-0.3, -0.25) is 4.68 Å². The van der Waals surface area contributed by atoms with Crippen LogP contribution in [-0.4, -0.2) is 16.9 Å². The molecule has 0 saturated carbocycles. The number of aryl methyl sites for hydroxylation is 1. The molecular formula is C16H23N3O. The molecule has 0 amide bonds. The monoisotopic (exact) mass is 273 g/mol. The Labute approximate surface area is 120 Å². The largest absolute Gasteiger partial charge is 0.496 e. The zero-order valence-electron chi connectivity index (χ0n) is 12.9. The van der Waals surface area contributed by atoms with Crippen LogP contribution in [0.15, 0.2) is 24.3 Å². The number of rotatable bonds is 4. The maximum atomic E-state index is 6.26. The second-order valence-electron chi connectivity index (χ2n) is 5.67. The Hall–Kier alpha value is -1.97. The number of benzene rings is 1. The molecule has 0 aliphatic rings. The molecule has 4 heteroatoms. The van der Waals surface area contributed by atoms with Gasteiger partial charge in [-0.05, 0) is 12.5 Å². The molecule has 2 aromatic rings. The highest BCUT2D eigenvalue weighted by atomic mass is 16.5. The van der Waals surface area contributed by atoms with Crippen LogP contribution in [0.4, 0.5) is 5.82 Å². The van der Waals surface area contributed by atoms with E-state index in [0.717, 1.165) is 29.0 Å². The summed E-state index contributed by atoms with van der Waals surface area (Å²) in [6.07, 6.45) is 0.992. The van der Waals surface area contributed by atoms with Gasteiger partial charge in [-0.25, -0.2) is 0 Å². The van der Waals surface area contributed by atoms with E-state index in [1.165, 1.54) is 0 Å². The standard InChI is InChI=1S/C16H23N3O/c1-6-16(2,3)14-13(15(17)19(4)18-14)11-9-7-8-10-12(11)20-5/h7-10H,6,17H2,1-5H3. The Balaban J connectivity index is 2.73.